The molecule has 0 aliphatic carbocycles. The summed E-state index contributed by atoms with van der Waals surface area (Å²) in [5.41, 5.74) is 4.13. The smallest absolute Gasteiger partial charge is 0.123 e. The normalized spacial score (nSPS) is 17.8. The molecule has 0 bridgehead atoms. The molecule has 0 aromatic heterocycles. The van der Waals surface area contributed by atoms with Crippen molar-refractivity contribution in [2.24, 2.45) is 0 Å². The van der Waals surface area contributed by atoms with Crippen molar-refractivity contribution in [3.63, 3.8) is 0 Å². The zero-order chi connectivity index (χ0) is 17.8. The number of hydrogen-bond donors (Lipinski definition) is 2. The predicted molar refractivity (Wildman–Crippen MR) is 103 cm³/mol. The molecule has 130 valence electrons. The summed E-state index contributed by atoms with van der Waals surface area (Å²) in [5, 5.41) is 21.2. The van der Waals surface area contributed by atoms with E-state index in [1.54, 1.807) is 6.07 Å². The number of aromatic hydroxyl groups is 1. The van der Waals surface area contributed by atoms with Crippen LogP contribution in [0, 0.1) is 0 Å². The molecule has 3 heteroatoms. The highest BCUT2D eigenvalue weighted by Crippen LogP contribution is 2.30. The summed E-state index contributed by atoms with van der Waals surface area (Å²) in [7, 11) is 0. The first-order chi connectivity index (χ1) is 12.1. The Kier molecular flexibility index (Phi) is 5.37. The second-order valence-electron chi connectivity index (χ2n) is 6.49. The maximum absolute atomic E-state index is 10.0. The van der Waals surface area contributed by atoms with Gasteiger partial charge >= 0.3 is 0 Å². The Balaban J connectivity index is 1.74. The number of aliphatic hydroxyl groups is 1. The van der Waals surface area contributed by atoms with Crippen LogP contribution in [-0.4, -0.2) is 29.5 Å². The third-order valence-electron chi connectivity index (χ3n) is 4.68. The third-order valence-corrected chi connectivity index (χ3v) is 4.68. The largest absolute Gasteiger partial charge is 0.507 e. The van der Waals surface area contributed by atoms with E-state index in [4.69, 9.17) is 4.74 Å². The Labute approximate surface area is 148 Å². The fourth-order valence-corrected chi connectivity index (χ4v) is 3.31. The minimum absolute atomic E-state index is 0.0135. The molecule has 1 aliphatic heterocycles. The molecule has 0 fully saturated rings. The molecule has 1 heterocycles. The zero-order valence-corrected chi connectivity index (χ0v) is 14.5. The van der Waals surface area contributed by atoms with E-state index in [9.17, 15) is 10.2 Å². The molecule has 2 aromatic rings. The number of aliphatic hydroxyl groups excluding tert-OH is 1. The van der Waals surface area contributed by atoms with Crippen molar-refractivity contribution in [3.8, 4) is 5.75 Å². The third kappa shape index (κ3) is 3.84. The molecule has 3 nitrogen and oxygen atoms in total. The highest BCUT2D eigenvalue weighted by atomic mass is 16.5. The Hall–Kier alpha value is -2.36. The summed E-state index contributed by atoms with van der Waals surface area (Å²) in [6.45, 7) is 6.58. The first-order valence-corrected chi connectivity index (χ1v) is 8.58. The molecule has 25 heavy (non-hydrogen) atoms. The molecule has 1 aliphatic rings. The molecule has 0 radical (unpaired) electrons. The minimum atomic E-state index is -0.0278. The van der Waals surface area contributed by atoms with Crippen molar-refractivity contribution in [2.75, 3.05) is 13.2 Å². The van der Waals surface area contributed by atoms with Gasteiger partial charge < -0.3 is 14.9 Å². The molecule has 0 amide bonds. The van der Waals surface area contributed by atoms with Gasteiger partial charge in [-0.3, -0.25) is 0 Å². The van der Waals surface area contributed by atoms with Gasteiger partial charge in [-0.05, 0) is 47.9 Å². The molecule has 1 unspecified atom stereocenters. The van der Waals surface area contributed by atoms with Crippen LogP contribution in [0.1, 0.15) is 25.3 Å². The van der Waals surface area contributed by atoms with E-state index in [1.807, 2.05) is 36.4 Å². The molecule has 0 saturated carbocycles. The van der Waals surface area contributed by atoms with Crippen LogP contribution >= 0.6 is 0 Å². The predicted octanol–water partition coefficient (Wildman–Crippen LogP) is 4.60. The standard InChI is InChI=1S/C22H24O3/c1-15(7-10-22-18(11-12-25-22)16(2)14-23)13-17-8-9-21(24)20-6-4-3-5-19(17)20/h3-6,8-9,11,13,22-24H,2,7,10,12,14H2,1H3/b15-13+. The molecular weight excluding hydrogens is 312 g/mol. The van der Waals surface area contributed by atoms with E-state index in [1.165, 1.54) is 5.57 Å². The Morgan fingerprint density at radius 1 is 1.24 bits per heavy atom. The maximum Gasteiger partial charge on any atom is 0.123 e. The average molecular weight is 336 g/mol. The summed E-state index contributed by atoms with van der Waals surface area (Å²) < 4.78 is 5.75. The van der Waals surface area contributed by atoms with Crippen LogP contribution in [0.4, 0.5) is 0 Å². The van der Waals surface area contributed by atoms with E-state index >= 15 is 0 Å². The molecule has 2 N–H and O–H groups in total. The van der Waals surface area contributed by atoms with Crippen LogP contribution in [0.2, 0.25) is 0 Å². The minimum Gasteiger partial charge on any atom is -0.507 e. The lowest BCUT2D eigenvalue weighted by atomic mass is 9.96. The van der Waals surface area contributed by atoms with Gasteiger partial charge in [0.1, 0.15) is 5.75 Å². The number of hydrogen-bond acceptors (Lipinski definition) is 3. The van der Waals surface area contributed by atoms with Crippen molar-refractivity contribution in [3.05, 3.63) is 71.3 Å². The van der Waals surface area contributed by atoms with Gasteiger partial charge in [0.15, 0.2) is 0 Å². The SMILES string of the molecule is C=C(CO)C1=CCOC1CC/C(C)=C/c1ccc(O)c2ccccc12. The monoisotopic (exact) mass is 336 g/mol. The van der Waals surface area contributed by atoms with Gasteiger partial charge in [0, 0.05) is 5.39 Å². The summed E-state index contributed by atoms with van der Waals surface area (Å²) in [5.74, 6) is 0.307. The molecule has 1 atom stereocenters. The fraction of sp³-hybridized carbons (Fsp3) is 0.273. The molecule has 0 saturated heterocycles. The molecular formula is C22H24O3. The Bertz CT molecular complexity index is 845. The van der Waals surface area contributed by atoms with Crippen molar-refractivity contribution in [1.82, 2.24) is 0 Å². The zero-order valence-electron chi connectivity index (χ0n) is 14.5. The fourth-order valence-electron chi connectivity index (χ4n) is 3.31. The van der Waals surface area contributed by atoms with Crippen LogP contribution in [0.25, 0.3) is 16.8 Å². The highest BCUT2D eigenvalue weighted by molar-refractivity contribution is 5.94. The van der Waals surface area contributed by atoms with Gasteiger partial charge in [-0.2, -0.15) is 0 Å². The summed E-state index contributed by atoms with van der Waals surface area (Å²) in [6, 6.07) is 11.6. The Morgan fingerprint density at radius 2 is 2.00 bits per heavy atom. The van der Waals surface area contributed by atoms with Crippen LogP contribution in [0.3, 0.4) is 0 Å². The van der Waals surface area contributed by atoms with Crippen molar-refractivity contribution in [1.29, 1.82) is 0 Å². The number of benzene rings is 2. The van der Waals surface area contributed by atoms with Gasteiger partial charge in [0.2, 0.25) is 0 Å². The van der Waals surface area contributed by atoms with Crippen LogP contribution < -0.4 is 0 Å². The van der Waals surface area contributed by atoms with E-state index in [2.05, 4.69) is 19.6 Å². The molecule has 3 rings (SSSR count). The van der Waals surface area contributed by atoms with E-state index in [0.717, 1.165) is 40.3 Å². The number of allylic oxidation sites excluding steroid dienone is 1. The quantitative estimate of drug-likeness (QED) is 0.810. The number of rotatable bonds is 6. The maximum atomic E-state index is 10.0. The van der Waals surface area contributed by atoms with Gasteiger partial charge in [-0.25, -0.2) is 0 Å². The van der Waals surface area contributed by atoms with Crippen molar-refractivity contribution in [2.45, 2.75) is 25.9 Å². The number of phenolic OH excluding ortho intramolecular Hbond substituents is 1. The van der Waals surface area contributed by atoms with Crippen molar-refractivity contribution >= 4 is 16.8 Å². The second kappa shape index (κ2) is 7.68. The topological polar surface area (TPSA) is 49.7 Å². The molecule has 0 spiro atoms. The molecule has 2 aromatic carbocycles. The summed E-state index contributed by atoms with van der Waals surface area (Å²) in [4.78, 5) is 0. The first kappa shape index (κ1) is 17.5. The van der Waals surface area contributed by atoms with Crippen LogP contribution in [-0.2, 0) is 4.74 Å². The van der Waals surface area contributed by atoms with E-state index < -0.39 is 0 Å². The van der Waals surface area contributed by atoms with Crippen molar-refractivity contribution < 1.29 is 14.9 Å². The van der Waals surface area contributed by atoms with Gasteiger partial charge in [0.05, 0.1) is 19.3 Å². The lowest BCUT2D eigenvalue weighted by Crippen LogP contribution is -2.12. The summed E-state index contributed by atoms with van der Waals surface area (Å²) >= 11 is 0. The number of fused-ring (bicyclic) bond motifs is 1. The van der Waals surface area contributed by atoms with E-state index in [0.29, 0.717) is 12.4 Å². The Morgan fingerprint density at radius 3 is 2.76 bits per heavy atom. The number of ether oxygens (including phenoxy) is 1. The van der Waals surface area contributed by atoms with Gasteiger partial charge in [-0.15, -0.1) is 0 Å². The first-order valence-electron chi connectivity index (χ1n) is 8.58. The van der Waals surface area contributed by atoms with Gasteiger partial charge in [0.25, 0.3) is 0 Å². The lowest BCUT2D eigenvalue weighted by molar-refractivity contribution is 0.116. The number of phenols is 1. The second-order valence-corrected chi connectivity index (χ2v) is 6.49. The van der Waals surface area contributed by atoms with E-state index in [-0.39, 0.29) is 12.7 Å². The highest BCUT2D eigenvalue weighted by Gasteiger charge is 2.21. The summed E-state index contributed by atoms with van der Waals surface area (Å²) in [6.07, 6.45) is 5.95. The van der Waals surface area contributed by atoms with Crippen LogP contribution in [0.5, 0.6) is 5.75 Å². The van der Waals surface area contributed by atoms with Crippen LogP contribution in [0.15, 0.2) is 65.8 Å². The van der Waals surface area contributed by atoms with Gasteiger partial charge in [-0.1, -0.05) is 54.6 Å². The average Bonchev–Trinajstić information content (AvgIpc) is 3.10. The lowest BCUT2D eigenvalue weighted by Gasteiger charge is -2.16.